The Morgan fingerprint density at radius 2 is 1.69 bits per heavy atom. The lowest BCUT2D eigenvalue weighted by Gasteiger charge is -2.60. The van der Waals surface area contributed by atoms with Gasteiger partial charge in [0.15, 0.2) is 0 Å². The molecule has 8 rings (SSSR count). The third-order valence-corrected chi connectivity index (χ3v) is 11.4. The molecule has 0 spiro atoms. The lowest BCUT2D eigenvalue weighted by molar-refractivity contribution is -0.111. The van der Waals surface area contributed by atoms with Crippen molar-refractivity contribution in [3.63, 3.8) is 0 Å². The summed E-state index contributed by atoms with van der Waals surface area (Å²) in [6, 6.07) is 4.30. The predicted molar refractivity (Wildman–Crippen MR) is 187 cm³/mol. The summed E-state index contributed by atoms with van der Waals surface area (Å²) in [4.78, 5) is 15.7. The molecule has 1 aromatic rings. The number of aliphatic imine (C=N–C) groups is 2. The molecule has 3 fully saturated rings. The number of hydrogen-bond donors (Lipinski definition) is 2. The van der Waals surface area contributed by atoms with Crippen molar-refractivity contribution < 1.29 is 4.74 Å². The second-order valence-corrected chi connectivity index (χ2v) is 14.8. The van der Waals surface area contributed by atoms with Crippen molar-refractivity contribution in [1.29, 1.82) is 0 Å². The molecule has 45 heavy (non-hydrogen) atoms. The predicted octanol–water partition coefficient (Wildman–Crippen LogP) is 5.62. The highest BCUT2D eigenvalue weighted by Gasteiger charge is 2.53. The van der Waals surface area contributed by atoms with Crippen LogP contribution in [0.4, 0.5) is 0 Å². The van der Waals surface area contributed by atoms with E-state index in [9.17, 15) is 0 Å². The minimum absolute atomic E-state index is 0.121. The number of aromatic nitrogens is 1. The van der Waals surface area contributed by atoms with Crippen LogP contribution >= 0.6 is 0 Å². The van der Waals surface area contributed by atoms with Crippen molar-refractivity contribution in [2.45, 2.75) is 76.8 Å². The summed E-state index contributed by atoms with van der Waals surface area (Å²) in [7, 11) is 2.26. The number of hydrogen-bond acceptors (Lipinski definition) is 5. The van der Waals surface area contributed by atoms with Gasteiger partial charge in [-0.25, -0.2) is 9.98 Å². The monoisotopic (exact) mass is 605 g/mol. The van der Waals surface area contributed by atoms with Crippen LogP contribution in [-0.4, -0.2) is 66.2 Å². The van der Waals surface area contributed by atoms with E-state index in [1.165, 1.54) is 38.5 Å². The molecule has 3 saturated carbocycles. The number of H-pyrrole nitrogens is 1. The molecule has 6 nitrogen and oxygen atoms in total. The molecule has 0 saturated heterocycles. The summed E-state index contributed by atoms with van der Waals surface area (Å²) in [5, 5.41) is 5.98. The van der Waals surface area contributed by atoms with Gasteiger partial charge in [0.2, 0.25) is 0 Å². The quantitative estimate of drug-likeness (QED) is 0.240. The van der Waals surface area contributed by atoms with Crippen LogP contribution in [0.1, 0.15) is 65.2 Å². The van der Waals surface area contributed by atoms with Gasteiger partial charge in [-0.05, 0) is 149 Å². The third-order valence-electron chi connectivity index (χ3n) is 11.4. The highest BCUT2D eigenvalue weighted by Crippen LogP contribution is 2.61. The van der Waals surface area contributed by atoms with Crippen LogP contribution in [0.15, 0.2) is 82.1 Å². The number of aromatic amines is 1. The van der Waals surface area contributed by atoms with Crippen molar-refractivity contribution in [3.05, 3.63) is 82.8 Å². The number of allylic oxidation sites excluding steroid dienone is 4. The first-order valence-corrected chi connectivity index (χ1v) is 17.4. The summed E-state index contributed by atoms with van der Waals surface area (Å²) in [6.07, 6.45) is 31.9. The highest BCUT2D eigenvalue weighted by atomic mass is 16.5. The maximum Gasteiger partial charge on any atom is 0.0658 e. The van der Waals surface area contributed by atoms with Crippen LogP contribution in [0.25, 0.3) is 12.2 Å². The lowest BCUT2D eigenvalue weighted by atomic mass is 9.45. The second-order valence-electron chi connectivity index (χ2n) is 14.8. The molecule has 5 atom stereocenters. The molecule has 2 N–H and O–H groups in total. The van der Waals surface area contributed by atoms with Gasteiger partial charge >= 0.3 is 0 Å². The Bertz CT molecular complexity index is 1600. The van der Waals surface area contributed by atoms with Gasteiger partial charge in [0.1, 0.15) is 0 Å². The van der Waals surface area contributed by atoms with Crippen molar-refractivity contribution in [2.24, 2.45) is 33.2 Å². The average Bonchev–Trinajstić information content (AvgIpc) is 3.84. The van der Waals surface area contributed by atoms with E-state index in [0.29, 0.717) is 5.41 Å². The van der Waals surface area contributed by atoms with Gasteiger partial charge in [-0.15, -0.1) is 0 Å². The number of unbranched alkanes of at least 4 members (excludes halogenated alkanes) is 2. The van der Waals surface area contributed by atoms with E-state index in [4.69, 9.17) is 14.7 Å². The van der Waals surface area contributed by atoms with Crippen LogP contribution in [0.3, 0.4) is 0 Å². The molecule has 238 valence electrons. The Labute approximate surface area is 269 Å². The number of fused-ring (bicyclic) bond motifs is 8. The Morgan fingerprint density at radius 1 is 0.911 bits per heavy atom. The largest absolute Gasteiger partial charge is 0.381 e. The number of nitrogens with one attached hydrogen (secondary N) is 2. The van der Waals surface area contributed by atoms with Gasteiger partial charge in [0, 0.05) is 36.5 Å². The maximum absolute atomic E-state index is 6.10. The first-order valence-electron chi connectivity index (χ1n) is 17.4. The SMILES string of the molecule is CN(CCCCCOCC[C@@H]1CC[C@H]2C[C@@H]1C2(C)C)CCC12C=CC(C=C3C=CC(=N3)C=c3ccc([nH]3)=CC3=NC(=C1)C=C3)N2. The van der Waals surface area contributed by atoms with Gasteiger partial charge in [0.25, 0.3) is 0 Å². The van der Waals surface area contributed by atoms with Gasteiger partial charge < -0.3 is 14.6 Å². The van der Waals surface area contributed by atoms with E-state index in [0.717, 1.165) is 90.4 Å². The number of ether oxygens (including phenoxy) is 1. The Kier molecular flexibility index (Phi) is 8.82. The standard InChI is InChI=1S/C39H51N5O/c1-38(2)29-8-7-28(37(38)23-29)16-22-45-21-6-4-5-19-44(3)20-18-39-17-15-35(43-39)26-34-12-11-31(41-34)24-30-9-10-32(40-30)25-33-13-14-36(27-39)42-33/h9-15,17,24-29,35,37,40,43H,4-8,16,18-23H2,1-3H3/t28-,29-,35?,37-,39?/m0/s1. The van der Waals surface area contributed by atoms with E-state index in [1.54, 1.807) is 0 Å². The second kappa shape index (κ2) is 13.0. The molecule has 10 bridgehead atoms. The topological polar surface area (TPSA) is 65.0 Å². The van der Waals surface area contributed by atoms with Gasteiger partial charge in [-0.3, -0.25) is 5.32 Å². The highest BCUT2D eigenvalue weighted by molar-refractivity contribution is 6.20. The van der Waals surface area contributed by atoms with E-state index in [1.807, 2.05) is 0 Å². The first-order chi connectivity index (χ1) is 21.8. The van der Waals surface area contributed by atoms with Crippen molar-refractivity contribution >= 4 is 23.6 Å². The fourth-order valence-corrected chi connectivity index (χ4v) is 8.48. The number of rotatable bonds is 12. The van der Waals surface area contributed by atoms with E-state index >= 15 is 0 Å². The fraction of sp³-hybridized carbons (Fsp3) is 0.538. The smallest absolute Gasteiger partial charge is 0.0658 e. The molecule has 5 heterocycles. The minimum atomic E-state index is -0.256. The molecule has 0 radical (unpaired) electrons. The van der Waals surface area contributed by atoms with Gasteiger partial charge in [-0.1, -0.05) is 26.0 Å². The zero-order valence-electron chi connectivity index (χ0n) is 27.5. The molecule has 0 amide bonds. The summed E-state index contributed by atoms with van der Waals surface area (Å²) >= 11 is 0. The summed E-state index contributed by atoms with van der Waals surface area (Å²) in [5.41, 5.74) is 4.26. The Morgan fingerprint density at radius 3 is 2.47 bits per heavy atom. The van der Waals surface area contributed by atoms with Crippen LogP contribution in [0.2, 0.25) is 0 Å². The van der Waals surface area contributed by atoms with Crippen molar-refractivity contribution in [1.82, 2.24) is 15.2 Å². The van der Waals surface area contributed by atoms with Crippen LogP contribution < -0.4 is 16.0 Å². The lowest BCUT2D eigenvalue weighted by Crippen LogP contribution is -2.52. The normalized spacial score (nSPS) is 30.4. The Balaban J connectivity index is 0.894. The molecular formula is C39H51N5O. The average molecular weight is 606 g/mol. The summed E-state index contributed by atoms with van der Waals surface area (Å²) in [5.74, 6) is 2.83. The van der Waals surface area contributed by atoms with Crippen molar-refractivity contribution in [3.8, 4) is 0 Å². The molecule has 6 heteroatoms. The summed E-state index contributed by atoms with van der Waals surface area (Å²) < 4.78 is 6.10. The van der Waals surface area contributed by atoms with E-state index in [-0.39, 0.29) is 11.6 Å². The van der Waals surface area contributed by atoms with Gasteiger partial charge in [-0.2, -0.15) is 0 Å². The molecule has 7 aliphatic rings. The molecule has 2 unspecified atom stereocenters. The van der Waals surface area contributed by atoms with Crippen LogP contribution in [0, 0.1) is 23.2 Å². The van der Waals surface area contributed by atoms with E-state index in [2.05, 4.69) is 109 Å². The molecule has 3 aliphatic carbocycles. The third kappa shape index (κ3) is 7.03. The Hall–Kier alpha value is -3.06. The molecule has 0 aromatic carbocycles. The van der Waals surface area contributed by atoms with Crippen LogP contribution in [0.5, 0.6) is 0 Å². The molecular weight excluding hydrogens is 554 g/mol. The van der Waals surface area contributed by atoms with E-state index < -0.39 is 0 Å². The maximum atomic E-state index is 6.10. The van der Waals surface area contributed by atoms with Crippen molar-refractivity contribution in [2.75, 3.05) is 33.4 Å². The zero-order valence-corrected chi connectivity index (χ0v) is 27.5. The first kappa shape index (κ1) is 30.6. The fourth-order valence-electron chi connectivity index (χ4n) is 8.48. The summed E-state index contributed by atoms with van der Waals surface area (Å²) in [6.45, 7) is 8.97. The zero-order chi connectivity index (χ0) is 30.9. The number of nitrogens with zero attached hydrogens (tertiary/aromatic N) is 3. The molecule has 1 aromatic heterocycles. The van der Waals surface area contributed by atoms with Gasteiger partial charge in [0.05, 0.1) is 28.4 Å². The molecule has 4 aliphatic heterocycles. The minimum Gasteiger partial charge on any atom is -0.381 e. The van der Waals surface area contributed by atoms with Crippen LogP contribution in [-0.2, 0) is 4.74 Å².